The molecule has 0 bridgehead atoms. The highest BCUT2D eigenvalue weighted by Crippen LogP contribution is 2.31. The van der Waals surface area contributed by atoms with Crippen LogP contribution >= 0.6 is 0 Å². The van der Waals surface area contributed by atoms with Crippen molar-refractivity contribution in [2.75, 3.05) is 19.0 Å². The van der Waals surface area contributed by atoms with Crippen molar-refractivity contribution in [2.45, 2.75) is 57.4 Å². The summed E-state index contributed by atoms with van der Waals surface area (Å²) in [6, 6.07) is 8.62. The topological polar surface area (TPSA) is 130 Å². The van der Waals surface area contributed by atoms with E-state index in [-0.39, 0.29) is 0 Å². The summed E-state index contributed by atoms with van der Waals surface area (Å²) in [7, 11) is 1.32. The number of fused-ring (bicyclic) bond motifs is 1. The highest BCUT2D eigenvalue weighted by atomic mass is 16.7. The third-order valence-electron chi connectivity index (χ3n) is 5.72. The van der Waals surface area contributed by atoms with E-state index < -0.39 is 67.2 Å². The minimum absolute atomic E-state index is 0.408. The predicted octanol–water partition coefficient (Wildman–Crippen LogP) is 2.41. The number of esters is 2. The lowest BCUT2D eigenvalue weighted by atomic mass is 9.97. The zero-order valence-corrected chi connectivity index (χ0v) is 19.4. The van der Waals surface area contributed by atoms with Crippen molar-refractivity contribution in [1.29, 1.82) is 0 Å². The minimum Gasteiger partial charge on any atom is -0.455 e. The van der Waals surface area contributed by atoms with Crippen molar-refractivity contribution in [3.05, 3.63) is 42.5 Å². The van der Waals surface area contributed by atoms with Crippen LogP contribution in [-0.2, 0) is 33.3 Å². The highest BCUT2D eigenvalue weighted by molar-refractivity contribution is 5.84. The molecular weight excluding hydrogens is 446 g/mol. The largest absolute Gasteiger partial charge is 0.455 e. The zero-order chi connectivity index (χ0) is 24.7. The van der Waals surface area contributed by atoms with Crippen LogP contribution in [0.3, 0.4) is 0 Å². The molecule has 0 spiro atoms. The summed E-state index contributed by atoms with van der Waals surface area (Å²) >= 11 is 0. The van der Waals surface area contributed by atoms with Crippen LogP contribution in [0, 0.1) is 11.8 Å². The summed E-state index contributed by atoms with van der Waals surface area (Å²) in [5.74, 6) is -2.12. The van der Waals surface area contributed by atoms with Gasteiger partial charge in [0.15, 0.2) is 24.6 Å². The molecule has 0 radical (unpaired) electrons. The Morgan fingerprint density at radius 3 is 2.18 bits per heavy atom. The Morgan fingerprint density at radius 1 is 1.03 bits per heavy atom. The quantitative estimate of drug-likeness (QED) is 0.381. The Morgan fingerprint density at radius 2 is 1.62 bits per heavy atom. The SMILES string of the molecule is CO[C@H]1O[C@H](CO)[C@H]2OC(=O)[C@@H](C)C/C=C/C[C@H](C)C(=O)O[C@@H]2[C@H]1OC(=O)Nc1ccccc1. The molecule has 0 aromatic heterocycles. The van der Waals surface area contributed by atoms with Crippen LogP contribution in [0.4, 0.5) is 10.5 Å². The number of ether oxygens (including phenoxy) is 5. The molecule has 1 saturated heterocycles. The summed E-state index contributed by atoms with van der Waals surface area (Å²) in [5, 5.41) is 12.5. The fourth-order valence-electron chi connectivity index (χ4n) is 3.70. The second-order valence-corrected chi connectivity index (χ2v) is 8.37. The normalized spacial score (nSPS) is 33.2. The van der Waals surface area contributed by atoms with E-state index in [0.29, 0.717) is 18.5 Å². The van der Waals surface area contributed by atoms with Gasteiger partial charge in [-0.05, 0) is 25.0 Å². The number of hydrogen-bond acceptors (Lipinski definition) is 9. The number of rotatable bonds is 4. The first-order valence-corrected chi connectivity index (χ1v) is 11.2. The lowest BCUT2D eigenvalue weighted by Crippen LogP contribution is -2.63. The molecule has 7 atom stereocenters. The third kappa shape index (κ3) is 6.34. The number of para-hydroxylation sites is 1. The molecule has 1 fully saturated rings. The Balaban J connectivity index is 1.92. The van der Waals surface area contributed by atoms with Crippen molar-refractivity contribution in [1.82, 2.24) is 0 Å². The van der Waals surface area contributed by atoms with Gasteiger partial charge in [0.25, 0.3) is 0 Å². The van der Waals surface area contributed by atoms with Crippen LogP contribution in [-0.4, -0.2) is 67.6 Å². The van der Waals surface area contributed by atoms with Crippen LogP contribution in [0.25, 0.3) is 0 Å². The second-order valence-electron chi connectivity index (χ2n) is 8.37. The maximum atomic E-state index is 12.8. The summed E-state index contributed by atoms with van der Waals surface area (Å²) in [6.45, 7) is 2.87. The van der Waals surface area contributed by atoms with Gasteiger partial charge in [-0.2, -0.15) is 0 Å². The highest BCUT2D eigenvalue weighted by Gasteiger charge is 2.53. The van der Waals surface area contributed by atoms with E-state index in [1.165, 1.54) is 7.11 Å². The van der Waals surface area contributed by atoms with Crippen LogP contribution in [0.1, 0.15) is 26.7 Å². The van der Waals surface area contributed by atoms with Gasteiger partial charge in [-0.1, -0.05) is 44.2 Å². The first-order valence-electron chi connectivity index (χ1n) is 11.2. The molecule has 1 amide bonds. The molecule has 0 unspecified atom stereocenters. The number of methoxy groups -OCH3 is 1. The number of hydrogen-bond donors (Lipinski definition) is 2. The van der Waals surface area contributed by atoms with Crippen LogP contribution in [0.2, 0.25) is 0 Å². The average Bonchev–Trinajstić information content (AvgIpc) is 2.83. The van der Waals surface area contributed by atoms with E-state index in [9.17, 15) is 19.5 Å². The van der Waals surface area contributed by atoms with Crippen molar-refractivity contribution in [2.24, 2.45) is 11.8 Å². The van der Waals surface area contributed by atoms with Crippen molar-refractivity contribution >= 4 is 23.7 Å². The molecule has 3 rings (SSSR count). The molecule has 1 aromatic carbocycles. The number of aliphatic hydroxyl groups excluding tert-OH is 1. The number of nitrogens with one attached hydrogen (secondary N) is 1. The van der Waals surface area contributed by atoms with E-state index in [0.717, 1.165) is 0 Å². The Hall–Kier alpha value is -2.95. The first kappa shape index (κ1) is 25.7. The van der Waals surface area contributed by atoms with Crippen molar-refractivity contribution in [3.8, 4) is 0 Å². The van der Waals surface area contributed by atoms with Gasteiger partial charge < -0.3 is 28.8 Å². The Labute approximate surface area is 198 Å². The Kier molecular flexibility index (Phi) is 9.03. The van der Waals surface area contributed by atoms with Crippen molar-refractivity contribution in [3.63, 3.8) is 0 Å². The number of aliphatic hydroxyl groups is 1. The average molecular weight is 478 g/mol. The third-order valence-corrected chi connectivity index (χ3v) is 5.72. The fraction of sp³-hybridized carbons (Fsp3) is 0.542. The fourth-order valence-corrected chi connectivity index (χ4v) is 3.70. The monoisotopic (exact) mass is 477 g/mol. The summed E-state index contributed by atoms with van der Waals surface area (Å²) in [4.78, 5) is 38.2. The van der Waals surface area contributed by atoms with Gasteiger partial charge in [0.1, 0.15) is 6.10 Å². The van der Waals surface area contributed by atoms with Crippen LogP contribution < -0.4 is 5.32 Å². The van der Waals surface area contributed by atoms with E-state index >= 15 is 0 Å². The molecular formula is C24H31NO9. The van der Waals surface area contributed by atoms with Crippen LogP contribution in [0.15, 0.2) is 42.5 Å². The smallest absolute Gasteiger partial charge is 0.412 e. The Bertz CT molecular complexity index is 874. The van der Waals surface area contributed by atoms with Gasteiger partial charge in [-0.25, -0.2) is 4.79 Å². The maximum absolute atomic E-state index is 12.8. The lowest BCUT2D eigenvalue weighted by Gasteiger charge is -2.44. The second kappa shape index (κ2) is 12.0. The van der Waals surface area contributed by atoms with E-state index in [1.54, 1.807) is 44.2 Å². The zero-order valence-electron chi connectivity index (χ0n) is 19.4. The van der Waals surface area contributed by atoms with Gasteiger partial charge >= 0.3 is 18.0 Å². The molecule has 2 heterocycles. The van der Waals surface area contributed by atoms with E-state index in [1.807, 2.05) is 12.2 Å². The number of allylic oxidation sites excluding steroid dienone is 2. The van der Waals surface area contributed by atoms with Gasteiger partial charge in [0.05, 0.1) is 18.4 Å². The number of carbonyl (C=O) groups is 3. The number of carbonyl (C=O) groups excluding carboxylic acids is 3. The van der Waals surface area contributed by atoms with Gasteiger partial charge in [-0.3, -0.25) is 14.9 Å². The molecule has 1 aromatic rings. The first-order chi connectivity index (χ1) is 16.3. The molecule has 186 valence electrons. The van der Waals surface area contributed by atoms with Gasteiger partial charge in [0, 0.05) is 12.8 Å². The molecule has 2 aliphatic heterocycles. The minimum atomic E-state index is -1.28. The molecule has 2 aliphatic rings. The molecule has 34 heavy (non-hydrogen) atoms. The molecule has 0 aliphatic carbocycles. The summed E-state index contributed by atoms with van der Waals surface area (Å²) in [6.07, 6.45) is -2.41. The molecule has 2 N–H and O–H groups in total. The predicted molar refractivity (Wildman–Crippen MR) is 120 cm³/mol. The lowest BCUT2D eigenvalue weighted by molar-refractivity contribution is -0.299. The number of benzene rings is 1. The van der Waals surface area contributed by atoms with E-state index in [4.69, 9.17) is 23.7 Å². The van der Waals surface area contributed by atoms with Gasteiger partial charge in [0.2, 0.25) is 0 Å². The van der Waals surface area contributed by atoms with Gasteiger partial charge in [-0.15, -0.1) is 0 Å². The summed E-state index contributed by atoms with van der Waals surface area (Å²) < 4.78 is 28.0. The van der Waals surface area contributed by atoms with Crippen LogP contribution in [0.5, 0.6) is 0 Å². The van der Waals surface area contributed by atoms with E-state index in [2.05, 4.69) is 5.32 Å². The standard InChI is InChI=1S/C24H31NO9/c1-14-9-7-8-10-15(2)22(28)33-19-18(32-21(14)27)17(13-26)31-23(30-3)20(19)34-24(29)25-16-11-5-4-6-12-16/h4-8,11-12,14-15,17-20,23,26H,9-10,13H2,1-3H3,(H,25,29)/b8-7+/t14-,15-,17+,18+,19-,20+,23-/m0/s1. The number of anilines is 1. The molecule has 0 saturated carbocycles. The van der Waals surface area contributed by atoms with Crippen molar-refractivity contribution < 1.29 is 43.2 Å². The summed E-state index contributed by atoms with van der Waals surface area (Å²) in [5.41, 5.74) is 0.485. The molecule has 10 heteroatoms. The molecule has 10 nitrogen and oxygen atoms in total. The number of amides is 1. The maximum Gasteiger partial charge on any atom is 0.412 e.